The molecule has 1 aromatic heterocycles. The van der Waals surface area contributed by atoms with Crippen LogP contribution in [0.3, 0.4) is 0 Å². The van der Waals surface area contributed by atoms with Gasteiger partial charge >= 0.3 is 0 Å². The van der Waals surface area contributed by atoms with Crippen LogP contribution in [0, 0.1) is 13.8 Å². The van der Waals surface area contributed by atoms with Crippen LogP contribution in [-0.2, 0) is 28.4 Å². The Balaban J connectivity index is 2.16. The molecule has 8 heteroatoms. The number of hydrogen-bond acceptors (Lipinski definition) is 4. The van der Waals surface area contributed by atoms with Gasteiger partial charge in [0.2, 0.25) is 15.9 Å². The van der Waals surface area contributed by atoms with Crippen LogP contribution in [0.2, 0.25) is 0 Å². The summed E-state index contributed by atoms with van der Waals surface area (Å²) >= 11 is 0. The third-order valence-corrected chi connectivity index (χ3v) is 5.09. The fraction of sp³-hybridized carbons (Fsp3) is 0.412. The predicted molar refractivity (Wildman–Crippen MR) is 97.8 cm³/mol. The topological polar surface area (TPSA) is 75.5 Å². The van der Waals surface area contributed by atoms with Crippen LogP contribution in [0.15, 0.2) is 30.5 Å². The van der Waals surface area contributed by atoms with Crippen LogP contribution < -0.4 is 4.31 Å². The van der Waals surface area contributed by atoms with Gasteiger partial charge in [0.15, 0.2) is 0 Å². The summed E-state index contributed by atoms with van der Waals surface area (Å²) in [6, 6.07) is 7.05. The first-order valence-corrected chi connectivity index (χ1v) is 9.70. The third-order valence-electron chi connectivity index (χ3n) is 3.95. The van der Waals surface area contributed by atoms with Crippen molar-refractivity contribution in [3.05, 3.63) is 47.3 Å². The molecule has 0 N–H and O–H groups in total. The summed E-state index contributed by atoms with van der Waals surface area (Å²) in [5, 5.41) is 4.25. The van der Waals surface area contributed by atoms with Crippen LogP contribution in [0.5, 0.6) is 0 Å². The van der Waals surface area contributed by atoms with Crippen molar-refractivity contribution in [3.63, 3.8) is 0 Å². The van der Waals surface area contributed by atoms with Crippen molar-refractivity contribution < 1.29 is 13.2 Å². The van der Waals surface area contributed by atoms with Crippen LogP contribution in [0.1, 0.15) is 16.8 Å². The summed E-state index contributed by atoms with van der Waals surface area (Å²) in [4.78, 5) is 14.1. The highest BCUT2D eigenvalue weighted by molar-refractivity contribution is 7.92. The molecule has 1 heterocycles. The molecule has 0 fully saturated rings. The third kappa shape index (κ3) is 4.82. The number of sulfonamides is 1. The largest absolute Gasteiger partial charge is 0.340 e. The molecule has 136 valence electrons. The molecule has 0 radical (unpaired) electrons. The smallest absolute Gasteiger partial charge is 0.243 e. The molecule has 0 spiro atoms. The fourth-order valence-electron chi connectivity index (χ4n) is 2.50. The number of aromatic nitrogens is 2. The number of amides is 1. The highest BCUT2D eigenvalue weighted by atomic mass is 32.2. The molecular weight excluding hydrogens is 340 g/mol. The van der Waals surface area contributed by atoms with E-state index in [-0.39, 0.29) is 12.5 Å². The van der Waals surface area contributed by atoms with Gasteiger partial charge in [0.25, 0.3) is 0 Å². The second kappa shape index (κ2) is 7.26. The molecule has 25 heavy (non-hydrogen) atoms. The van der Waals surface area contributed by atoms with Crippen molar-refractivity contribution in [3.8, 4) is 0 Å². The summed E-state index contributed by atoms with van der Waals surface area (Å²) in [5.74, 6) is -0.283. The highest BCUT2D eigenvalue weighted by Crippen LogP contribution is 2.18. The minimum atomic E-state index is -3.57. The van der Waals surface area contributed by atoms with Gasteiger partial charge in [0, 0.05) is 32.4 Å². The molecule has 0 aliphatic carbocycles. The second-order valence-electron chi connectivity index (χ2n) is 6.27. The molecule has 1 aromatic carbocycles. The van der Waals surface area contributed by atoms with Crippen molar-refractivity contribution in [1.82, 2.24) is 14.7 Å². The lowest BCUT2D eigenvalue weighted by Crippen LogP contribution is -2.41. The Hall–Kier alpha value is -2.35. The Bertz CT molecular complexity index is 857. The molecule has 0 saturated carbocycles. The number of benzene rings is 1. The SMILES string of the molecule is Cc1ccc(N(CC(=O)N(C)Cc2cn(C)nc2C)S(C)(=O)=O)cc1. The van der Waals surface area contributed by atoms with Gasteiger partial charge in [-0.05, 0) is 26.0 Å². The Labute approximate surface area is 148 Å². The molecule has 0 aliphatic rings. The van der Waals surface area contributed by atoms with Crippen LogP contribution in [0.4, 0.5) is 5.69 Å². The van der Waals surface area contributed by atoms with Crippen molar-refractivity contribution in [2.24, 2.45) is 7.05 Å². The summed E-state index contributed by atoms with van der Waals surface area (Å²) in [7, 11) is -0.0893. The average molecular weight is 364 g/mol. The summed E-state index contributed by atoms with van der Waals surface area (Å²) in [6.07, 6.45) is 2.96. The molecular formula is C17H24N4O3S. The number of anilines is 1. The number of hydrogen-bond donors (Lipinski definition) is 0. The number of nitrogens with zero attached hydrogens (tertiary/aromatic N) is 4. The zero-order valence-electron chi connectivity index (χ0n) is 15.2. The van der Waals surface area contributed by atoms with E-state index in [1.54, 1.807) is 23.9 Å². The molecule has 2 rings (SSSR count). The molecule has 7 nitrogen and oxygen atoms in total. The lowest BCUT2D eigenvalue weighted by atomic mass is 10.2. The number of carbonyl (C=O) groups is 1. The Morgan fingerprint density at radius 3 is 2.28 bits per heavy atom. The van der Waals surface area contributed by atoms with E-state index in [9.17, 15) is 13.2 Å². The van der Waals surface area contributed by atoms with Gasteiger partial charge in [-0.1, -0.05) is 17.7 Å². The van der Waals surface area contributed by atoms with E-state index in [0.29, 0.717) is 12.2 Å². The van der Waals surface area contributed by atoms with Gasteiger partial charge in [0.05, 0.1) is 17.6 Å². The average Bonchev–Trinajstić information content (AvgIpc) is 2.82. The van der Waals surface area contributed by atoms with E-state index in [1.807, 2.05) is 39.2 Å². The predicted octanol–water partition coefficient (Wildman–Crippen LogP) is 1.46. The quantitative estimate of drug-likeness (QED) is 0.778. The molecule has 1 amide bonds. The lowest BCUT2D eigenvalue weighted by Gasteiger charge is -2.25. The Kier molecular flexibility index (Phi) is 5.52. The minimum Gasteiger partial charge on any atom is -0.340 e. The zero-order chi connectivity index (χ0) is 18.8. The monoisotopic (exact) mass is 364 g/mol. The molecule has 0 aliphatic heterocycles. The second-order valence-corrected chi connectivity index (χ2v) is 8.18. The Morgan fingerprint density at radius 1 is 1.20 bits per heavy atom. The van der Waals surface area contributed by atoms with Crippen LogP contribution in [-0.4, -0.2) is 48.9 Å². The van der Waals surface area contributed by atoms with E-state index in [1.165, 1.54) is 4.90 Å². The summed E-state index contributed by atoms with van der Waals surface area (Å²) in [6.45, 7) is 3.94. The van der Waals surface area contributed by atoms with Crippen molar-refractivity contribution in [2.75, 3.05) is 24.2 Å². The first-order valence-electron chi connectivity index (χ1n) is 7.85. The van der Waals surface area contributed by atoms with Crippen molar-refractivity contribution in [1.29, 1.82) is 0 Å². The van der Waals surface area contributed by atoms with Gasteiger partial charge in [0.1, 0.15) is 6.54 Å². The number of likely N-dealkylation sites (N-methyl/N-ethyl adjacent to an activating group) is 1. The molecule has 0 saturated heterocycles. The Morgan fingerprint density at radius 2 is 1.80 bits per heavy atom. The van der Waals surface area contributed by atoms with E-state index in [4.69, 9.17) is 0 Å². The fourth-order valence-corrected chi connectivity index (χ4v) is 3.35. The van der Waals surface area contributed by atoms with Gasteiger partial charge < -0.3 is 4.90 Å². The normalized spacial score (nSPS) is 11.4. The van der Waals surface area contributed by atoms with Gasteiger partial charge in [-0.3, -0.25) is 13.8 Å². The zero-order valence-corrected chi connectivity index (χ0v) is 16.0. The molecule has 0 unspecified atom stereocenters. The maximum Gasteiger partial charge on any atom is 0.243 e. The highest BCUT2D eigenvalue weighted by Gasteiger charge is 2.23. The molecule has 2 aromatic rings. The summed E-state index contributed by atoms with van der Waals surface area (Å²) < 4.78 is 27.1. The first-order chi connectivity index (χ1) is 11.6. The van der Waals surface area contributed by atoms with Crippen molar-refractivity contribution in [2.45, 2.75) is 20.4 Å². The first kappa shape index (κ1) is 19.0. The molecule has 0 atom stereocenters. The lowest BCUT2D eigenvalue weighted by molar-refractivity contribution is -0.128. The van der Waals surface area contributed by atoms with E-state index in [2.05, 4.69) is 5.10 Å². The van der Waals surface area contributed by atoms with E-state index >= 15 is 0 Å². The van der Waals surface area contributed by atoms with Crippen LogP contribution in [0.25, 0.3) is 0 Å². The van der Waals surface area contributed by atoms with Gasteiger partial charge in [-0.15, -0.1) is 0 Å². The number of aryl methyl sites for hydroxylation is 3. The van der Waals surface area contributed by atoms with Crippen LogP contribution >= 0.6 is 0 Å². The number of rotatable bonds is 6. The maximum atomic E-state index is 12.6. The number of carbonyl (C=O) groups excluding carboxylic acids is 1. The van der Waals surface area contributed by atoms with E-state index < -0.39 is 10.0 Å². The minimum absolute atomic E-state index is 0.238. The standard InChI is InChI=1S/C17H24N4O3S/c1-13-6-8-16(9-7-13)21(25(5,23)24)12-17(22)19(3)10-15-11-20(4)18-14(15)2/h6-9,11H,10,12H2,1-5H3. The molecule has 0 bridgehead atoms. The van der Waals surface area contributed by atoms with Gasteiger partial charge in [-0.25, -0.2) is 8.42 Å². The summed E-state index contributed by atoms with van der Waals surface area (Å²) in [5.41, 5.74) is 3.28. The maximum absolute atomic E-state index is 12.6. The van der Waals surface area contributed by atoms with Crippen molar-refractivity contribution >= 4 is 21.6 Å². The van der Waals surface area contributed by atoms with Gasteiger partial charge in [-0.2, -0.15) is 5.10 Å². The van der Waals surface area contributed by atoms with E-state index in [0.717, 1.165) is 27.4 Å².